The van der Waals surface area contributed by atoms with Gasteiger partial charge in [0.1, 0.15) is 0 Å². The Balaban J connectivity index is 1.07. The molecule has 6 aromatic carbocycles. The summed E-state index contributed by atoms with van der Waals surface area (Å²) in [5.41, 5.74) is 11.0. The largest absolute Gasteiger partial charge is 0.269 e. The van der Waals surface area contributed by atoms with E-state index in [1.165, 1.54) is 26.5 Å². The first-order valence-electron chi connectivity index (χ1n) is 22.4. The van der Waals surface area contributed by atoms with Crippen molar-refractivity contribution in [2.24, 2.45) is 0 Å². The molecular weight excluding hydrogens is 777 g/mol. The second-order valence-corrected chi connectivity index (χ2v) is 20.4. The Labute approximate surface area is 371 Å². The summed E-state index contributed by atoms with van der Waals surface area (Å²) < 4.78 is 0. The molecule has 4 amide bonds. The van der Waals surface area contributed by atoms with Crippen LogP contribution < -0.4 is 4.90 Å². The van der Waals surface area contributed by atoms with Gasteiger partial charge in [0.25, 0.3) is 23.6 Å². The second-order valence-electron chi connectivity index (χ2n) is 20.4. The topological polar surface area (TPSA) is 74.8 Å². The molecule has 0 spiro atoms. The van der Waals surface area contributed by atoms with E-state index in [1.54, 1.807) is 12.1 Å². The van der Waals surface area contributed by atoms with Crippen LogP contribution in [-0.2, 0) is 21.7 Å². The standard InChI is InChI=1S/C57H54N2O4/c1-10-53(3,4)35-24-29-47-48(32-35)56(9,33-54(47,5)6)34-20-25-38(26-21-34)58-49(60)41-27-22-36(30-43(41)50(58)61)57(45-18-14-12-16-39(45)40-17-13-15-19-46(40)57)37-23-28-42-44(31-37)52(63)59(51(42)62)55(7,8)11-2/h12-32H,10-11,33H2,1-9H3. The predicted octanol–water partition coefficient (Wildman–Crippen LogP) is 12.3. The van der Waals surface area contributed by atoms with Crippen LogP contribution in [0.15, 0.2) is 127 Å². The van der Waals surface area contributed by atoms with E-state index in [1.807, 2.05) is 81.4 Å². The van der Waals surface area contributed by atoms with Gasteiger partial charge in [-0.15, -0.1) is 0 Å². The highest BCUT2D eigenvalue weighted by Gasteiger charge is 2.51. The van der Waals surface area contributed by atoms with Crippen molar-refractivity contribution in [3.05, 3.63) is 194 Å². The number of carbonyl (C=O) groups is 4. The van der Waals surface area contributed by atoms with Crippen LogP contribution in [0.4, 0.5) is 5.69 Å². The average molecular weight is 831 g/mol. The van der Waals surface area contributed by atoms with Crippen molar-refractivity contribution in [2.75, 3.05) is 4.90 Å². The SMILES string of the molecule is CCC(C)(C)c1ccc2c(c1)C(C)(c1ccc(N3C(=O)c4ccc(C5(c6ccc7c(c6)C(=O)N(C(C)(C)CC)C7=O)c6ccccc6-c6ccccc65)cc4C3=O)cc1)CC2(C)C. The van der Waals surface area contributed by atoms with Gasteiger partial charge in [0.2, 0.25) is 0 Å². The maximum atomic E-state index is 14.7. The molecule has 0 fully saturated rings. The minimum absolute atomic E-state index is 0.0192. The number of fused-ring (bicyclic) bond motifs is 6. The summed E-state index contributed by atoms with van der Waals surface area (Å²) in [6.07, 6.45) is 2.60. The molecule has 63 heavy (non-hydrogen) atoms. The van der Waals surface area contributed by atoms with Gasteiger partial charge in [0.05, 0.1) is 33.4 Å². The van der Waals surface area contributed by atoms with Crippen LogP contribution in [0.3, 0.4) is 0 Å². The first kappa shape index (κ1) is 40.7. The van der Waals surface area contributed by atoms with E-state index in [0.717, 1.165) is 51.8 Å². The number of nitrogens with zero attached hydrogens (tertiary/aromatic N) is 2. The maximum absolute atomic E-state index is 14.7. The minimum Gasteiger partial charge on any atom is -0.269 e. The molecule has 6 aromatic rings. The van der Waals surface area contributed by atoms with Gasteiger partial charge in [0.15, 0.2) is 0 Å². The lowest BCUT2D eigenvalue weighted by atomic mass is 9.67. The van der Waals surface area contributed by atoms with Crippen LogP contribution in [0, 0.1) is 0 Å². The van der Waals surface area contributed by atoms with Gasteiger partial charge in [-0.05, 0) is 136 Å². The molecule has 0 radical (unpaired) electrons. The Morgan fingerprint density at radius 3 is 1.57 bits per heavy atom. The number of hydrogen-bond acceptors (Lipinski definition) is 4. The highest BCUT2D eigenvalue weighted by Crippen LogP contribution is 2.57. The molecule has 0 bridgehead atoms. The molecule has 1 unspecified atom stereocenters. The van der Waals surface area contributed by atoms with Crippen molar-refractivity contribution >= 4 is 29.3 Å². The highest BCUT2D eigenvalue weighted by atomic mass is 16.2. The van der Waals surface area contributed by atoms with Crippen LogP contribution in [0.25, 0.3) is 11.1 Å². The van der Waals surface area contributed by atoms with Crippen LogP contribution >= 0.6 is 0 Å². The quantitative estimate of drug-likeness (QED) is 0.143. The lowest BCUT2D eigenvalue weighted by Gasteiger charge is -2.34. The van der Waals surface area contributed by atoms with E-state index >= 15 is 0 Å². The Hall–Kier alpha value is -6.40. The van der Waals surface area contributed by atoms with Crippen LogP contribution in [-0.4, -0.2) is 34.1 Å². The predicted molar refractivity (Wildman–Crippen MR) is 250 cm³/mol. The molecule has 4 aliphatic rings. The molecule has 0 saturated heterocycles. The van der Waals surface area contributed by atoms with Crippen molar-refractivity contribution in [3.63, 3.8) is 0 Å². The molecule has 2 aliphatic carbocycles. The van der Waals surface area contributed by atoms with Crippen molar-refractivity contribution in [1.29, 1.82) is 0 Å². The molecule has 316 valence electrons. The molecule has 0 saturated carbocycles. The van der Waals surface area contributed by atoms with Gasteiger partial charge in [-0.25, -0.2) is 4.90 Å². The third-order valence-electron chi connectivity index (χ3n) is 15.6. The summed E-state index contributed by atoms with van der Waals surface area (Å²) in [5, 5.41) is 0. The van der Waals surface area contributed by atoms with Gasteiger partial charge in [-0.1, -0.05) is 139 Å². The Bertz CT molecular complexity index is 2940. The third kappa shape index (κ3) is 5.49. The summed E-state index contributed by atoms with van der Waals surface area (Å²) in [5.74, 6) is -1.34. The molecule has 2 aliphatic heterocycles. The van der Waals surface area contributed by atoms with Gasteiger partial charge in [0, 0.05) is 11.0 Å². The Kier molecular flexibility index (Phi) is 8.75. The monoisotopic (exact) mass is 830 g/mol. The Morgan fingerprint density at radius 2 is 1.00 bits per heavy atom. The smallest absolute Gasteiger partial charge is 0.266 e. The summed E-state index contributed by atoms with van der Waals surface area (Å²) in [6.45, 7) is 19.6. The van der Waals surface area contributed by atoms with Crippen molar-refractivity contribution in [1.82, 2.24) is 4.90 Å². The third-order valence-corrected chi connectivity index (χ3v) is 15.6. The number of benzene rings is 6. The molecular formula is C57H54N2O4. The average Bonchev–Trinajstić information content (AvgIpc) is 3.90. The number of hydrogen-bond donors (Lipinski definition) is 0. The van der Waals surface area contributed by atoms with Gasteiger partial charge < -0.3 is 0 Å². The molecule has 0 N–H and O–H groups in total. The number of amides is 4. The first-order chi connectivity index (χ1) is 29.9. The van der Waals surface area contributed by atoms with E-state index in [4.69, 9.17) is 0 Å². The summed E-state index contributed by atoms with van der Waals surface area (Å²) in [7, 11) is 0. The van der Waals surface area contributed by atoms with E-state index in [2.05, 4.69) is 96.1 Å². The number of anilines is 1. The minimum atomic E-state index is -0.973. The lowest BCUT2D eigenvalue weighted by Crippen LogP contribution is -2.47. The molecule has 2 heterocycles. The second kappa shape index (κ2) is 13.6. The fourth-order valence-electron chi connectivity index (χ4n) is 11.4. The zero-order chi connectivity index (χ0) is 44.6. The Morgan fingerprint density at radius 1 is 0.492 bits per heavy atom. The fraction of sp³-hybridized carbons (Fsp3) is 0.298. The molecule has 6 nitrogen and oxygen atoms in total. The van der Waals surface area contributed by atoms with Crippen molar-refractivity contribution < 1.29 is 19.2 Å². The number of rotatable bonds is 8. The zero-order valence-electron chi connectivity index (χ0n) is 37.8. The highest BCUT2D eigenvalue weighted by molar-refractivity contribution is 6.34. The van der Waals surface area contributed by atoms with Crippen LogP contribution in [0.1, 0.15) is 168 Å². The zero-order valence-corrected chi connectivity index (χ0v) is 37.8. The van der Waals surface area contributed by atoms with Crippen LogP contribution in [0.5, 0.6) is 0 Å². The van der Waals surface area contributed by atoms with E-state index in [0.29, 0.717) is 34.4 Å². The molecule has 1 atom stereocenters. The summed E-state index contributed by atoms with van der Waals surface area (Å²) >= 11 is 0. The van der Waals surface area contributed by atoms with Gasteiger partial charge in [-0.3, -0.25) is 24.1 Å². The lowest BCUT2D eigenvalue weighted by molar-refractivity contribution is 0.0474. The fourth-order valence-corrected chi connectivity index (χ4v) is 11.4. The molecule has 10 rings (SSSR count). The maximum Gasteiger partial charge on any atom is 0.266 e. The molecule has 6 heteroatoms. The van der Waals surface area contributed by atoms with E-state index in [9.17, 15) is 19.2 Å². The van der Waals surface area contributed by atoms with Gasteiger partial charge >= 0.3 is 0 Å². The first-order valence-corrected chi connectivity index (χ1v) is 22.4. The number of carbonyl (C=O) groups excluding carboxylic acids is 4. The van der Waals surface area contributed by atoms with Crippen molar-refractivity contribution in [2.45, 2.75) is 109 Å². The summed E-state index contributed by atoms with van der Waals surface area (Å²) in [6, 6.07) is 42.8. The van der Waals surface area contributed by atoms with E-state index < -0.39 is 11.0 Å². The number of imide groups is 2. The van der Waals surface area contributed by atoms with Crippen LogP contribution in [0.2, 0.25) is 0 Å². The van der Waals surface area contributed by atoms with Crippen molar-refractivity contribution in [3.8, 4) is 11.1 Å². The van der Waals surface area contributed by atoms with Gasteiger partial charge in [-0.2, -0.15) is 0 Å². The molecule has 0 aromatic heterocycles. The summed E-state index contributed by atoms with van der Waals surface area (Å²) in [4.78, 5) is 59.8. The normalized spacial score (nSPS) is 19.3. The van der Waals surface area contributed by atoms with E-state index in [-0.39, 0.29) is 39.9 Å².